The Morgan fingerprint density at radius 3 is 2.48 bits per heavy atom. The fourth-order valence-corrected chi connectivity index (χ4v) is 2.66. The predicted molar refractivity (Wildman–Crippen MR) is 89.5 cm³/mol. The van der Waals surface area contributed by atoms with Crippen molar-refractivity contribution in [1.82, 2.24) is 20.5 Å². The summed E-state index contributed by atoms with van der Waals surface area (Å²) in [6, 6.07) is 8.36. The molecule has 1 aromatic carbocycles. The highest BCUT2D eigenvalue weighted by atomic mass is 35.5. The average molecular weight is 403 g/mol. The van der Waals surface area contributed by atoms with E-state index in [2.05, 4.69) is 15.2 Å². The molecule has 0 spiro atoms. The van der Waals surface area contributed by atoms with Gasteiger partial charge in [0.15, 0.2) is 0 Å². The Balaban J connectivity index is 1.55. The molecule has 2 heterocycles. The van der Waals surface area contributed by atoms with Gasteiger partial charge in [0.2, 0.25) is 0 Å². The molecule has 0 saturated carbocycles. The molecule has 1 aromatic heterocycles. The number of carbonyl (C=O) groups excluding carboxylic acids is 2. The number of hydroxylamine groups is 2. The van der Waals surface area contributed by atoms with E-state index in [0.29, 0.717) is 10.5 Å². The quantitative estimate of drug-likeness (QED) is 0.848. The molecular formula is C16H14ClF3N4O3. The normalized spacial score (nSPS) is 16.3. The molecule has 1 aliphatic rings. The topological polar surface area (TPSA) is 74.8 Å². The Kier molecular flexibility index (Phi) is 5.49. The van der Waals surface area contributed by atoms with Gasteiger partial charge in [0.05, 0.1) is 5.52 Å². The van der Waals surface area contributed by atoms with Crippen molar-refractivity contribution in [2.45, 2.75) is 6.18 Å². The molecule has 1 N–H and O–H groups in total. The molecule has 0 unspecified atom stereocenters. The monoisotopic (exact) mass is 402 g/mol. The number of rotatable bonds is 3. The maximum absolute atomic E-state index is 12.3. The fraction of sp³-hybridized carbons (Fsp3) is 0.312. The molecule has 0 bridgehead atoms. The van der Waals surface area contributed by atoms with Crippen LogP contribution in [0.5, 0.6) is 0 Å². The van der Waals surface area contributed by atoms with Crippen LogP contribution < -0.4 is 5.43 Å². The Morgan fingerprint density at radius 1 is 1.11 bits per heavy atom. The molecule has 144 valence electrons. The first kappa shape index (κ1) is 19.3. The third kappa shape index (κ3) is 4.85. The number of hydrazine groups is 1. The number of alkyl halides is 3. The van der Waals surface area contributed by atoms with Crippen molar-refractivity contribution in [1.29, 1.82) is 0 Å². The lowest BCUT2D eigenvalue weighted by molar-refractivity contribution is -0.243. The summed E-state index contributed by atoms with van der Waals surface area (Å²) < 4.78 is 36.6. The molecule has 0 atom stereocenters. The first-order valence-corrected chi connectivity index (χ1v) is 8.26. The van der Waals surface area contributed by atoms with Crippen molar-refractivity contribution >= 4 is 34.4 Å². The van der Waals surface area contributed by atoms with Gasteiger partial charge in [-0.2, -0.15) is 13.2 Å². The van der Waals surface area contributed by atoms with Gasteiger partial charge in [0.1, 0.15) is 5.69 Å². The zero-order chi connectivity index (χ0) is 19.6. The summed E-state index contributed by atoms with van der Waals surface area (Å²) in [5.74, 6) is -2.71. The van der Waals surface area contributed by atoms with Crippen LogP contribution in [0, 0.1) is 0 Å². The van der Waals surface area contributed by atoms with Crippen LogP contribution in [0.3, 0.4) is 0 Å². The van der Waals surface area contributed by atoms with E-state index < -0.39 is 18.1 Å². The second-order valence-electron chi connectivity index (χ2n) is 5.77. The Labute approximate surface area is 156 Å². The summed E-state index contributed by atoms with van der Waals surface area (Å²) in [6.45, 7) is 0.400. The van der Waals surface area contributed by atoms with Crippen LogP contribution in [0.1, 0.15) is 10.5 Å². The fourth-order valence-electron chi connectivity index (χ4n) is 2.48. The van der Waals surface area contributed by atoms with Crippen molar-refractivity contribution in [3.8, 4) is 0 Å². The number of nitrogens with zero attached hydrogens (tertiary/aromatic N) is 3. The Hall–Kier alpha value is -2.43. The summed E-state index contributed by atoms with van der Waals surface area (Å²) in [5, 5.41) is 3.79. The lowest BCUT2D eigenvalue weighted by Crippen LogP contribution is -2.54. The lowest BCUT2D eigenvalue weighted by atomic mass is 10.2. The van der Waals surface area contributed by atoms with Gasteiger partial charge in [-0.3, -0.25) is 10.2 Å². The Morgan fingerprint density at radius 2 is 1.81 bits per heavy atom. The second-order valence-corrected chi connectivity index (χ2v) is 6.20. The number of fused-ring (bicyclic) bond motifs is 1. The minimum Gasteiger partial charge on any atom is -0.361 e. The van der Waals surface area contributed by atoms with Crippen molar-refractivity contribution in [2.75, 3.05) is 26.2 Å². The van der Waals surface area contributed by atoms with Crippen molar-refractivity contribution in [2.24, 2.45) is 0 Å². The van der Waals surface area contributed by atoms with E-state index in [0.717, 1.165) is 10.4 Å². The van der Waals surface area contributed by atoms with Crippen LogP contribution in [-0.4, -0.2) is 59.3 Å². The molecule has 2 aromatic rings. The van der Waals surface area contributed by atoms with Gasteiger partial charge in [-0.1, -0.05) is 17.7 Å². The van der Waals surface area contributed by atoms with Gasteiger partial charge in [0.25, 0.3) is 5.91 Å². The highest BCUT2D eigenvalue weighted by Gasteiger charge is 2.42. The van der Waals surface area contributed by atoms with E-state index in [1.807, 2.05) is 0 Å². The van der Waals surface area contributed by atoms with Crippen molar-refractivity contribution < 1.29 is 27.6 Å². The smallest absolute Gasteiger partial charge is 0.361 e. The zero-order valence-corrected chi connectivity index (χ0v) is 14.5. The molecule has 1 fully saturated rings. The van der Waals surface area contributed by atoms with Crippen molar-refractivity contribution in [3.63, 3.8) is 0 Å². The maximum Gasteiger partial charge on any atom is 0.492 e. The number of carbonyl (C=O) groups is 2. The first-order valence-electron chi connectivity index (χ1n) is 7.89. The molecule has 11 heteroatoms. The SMILES string of the molecule is O=C(NN1CCN(OC(=O)C(F)(F)F)CC1)c1ccc2cc(Cl)ccc2n1. The van der Waals surface area contributed by atoms with Gasteiger partial charge < -0.3 is 4.84 Å². The van der Waals surface area contributed by atoms with Gasteiger partial charge in [-0.05, 0) is 24.3 Å². The van der Waals surface area contributed by atoms with E-state index >= 15 is 0 Å². The molecule has 1 saturated heterocycles. The molecular weight excluding hydrogens is 389 g/mol. The number of benzene rings is 1. The average Bonchev–Trinajstić information content (AvgIpc) is 2.62. The van der Waals surface area contributed by atoms with Gasteiger partial charge in [0, 0.05) is 36.6 Å². The minimum absolute atomic E-state index is 0.0196. The number of aromatic nitrogens is 1. The van der Waals surface area contributed by atoms with E-state index in [1.54, 1.807) is 30.3 Å². The van der Waals surface area contributed by atoms with Crippen LogP contribution in [0.2, 0.25) is 5.02 Å². The number of hydrogen-bond acceptors (Lipinski definition) is 6. The van der Waals surface area contributed by atoms with Crippen LogP contribution in [-0.2, 0) is 9.63 Å². The van der Waals surface area contributed by atoms with E-state index in [-0.39, 0.29) is 31.9 Å². The minimum atomic E-state index is -5.04. The van der Waals surface area contributed by atoms with Crippen LogP contribution in [0.15, 0.2) is 30.3 Å². The highest BCUT2D eigenvalue weighted by molar-refractivity contribution is 6.31. The van der Waals surface area contributed by atoms with Crippen molar-refractivity contribution in [3.05, 3.63) is 41.0 Å². The molecule has 0 aliphatic carbocycles. The second kappa shape index (κ2) is 7.67. The Bertz CT molecular complexity index is 870. The summed E-state index contributed by atoms with van der Waals surface area (Å²) >= 11 is 5.91. The van der Waals surface area contributed by atoms with E-state index in [1.165, 1.54) is 5.01 Å². The number of amides is 1. The molecule has 0 radical (unpaired) electrons. The lowest BCUT2D eigenvalue weighted by Gasteiger charge is -2.33. The predicted octanol–water partition coefficient (Wildman–Crippen LogP) is 2.17. The summed E-state index contributed by atoms with van der Waals surface area (Å²) in [4.78, 5) is 31.7. The summed E-state index contributed by atoms with van der Waals surface area (Å²) in [6.07, 6.45) is -5.04. The number of nitrogens with one attached hydrogen (secondary N) is 1. The van der Waals surface area contributed by atoms with Crippen LogP contribution >= 0.6 is 11.6 Å². The maximum atomic E-state index is 12.3. The highest BCUT2D eigenvalue weighted by Crippen LogP contribution is 2.19. The van der Waals surface area contributed by atoms with E-state index in [4.69, 9.17) is 11.6 Å². The van der Waals surface area contributed by atoms with Gasteiger partial charge in [-0.15, -0.1) is 5.06 Å². The third-order valence-electron chi connectivity index (χ3n) is 3.83. The largest absolute Gasteiger partial charge is 0.492 e. The molecule has 7 nitrogen and oxygen atoms in total. The number of piperazine rings is 1. The zero-order valence-electron chi connectivity index (χ0n) is 13.8. The third-order valence-corrected chi connectivity index (χ3v) is 4.06. The van der Waals surface area contributed by atoms with Gasteiger partial charge in [-0.25, -0.2) is 14.8 Å². The summed E-state index contributed by atoms with van der Waals surface area (Å²) in [7, 11) is 0. The number of hydrogen-bond donors (Lipinski definition) is 1. The standard InChI is InChI=1S/C16H14ClF3N4O3/c17-11-2-4-12-10(9-11)1-3-13(21-12)14(25)22-23-5-7-24(8-6-23)27-15(26)16(18,19)20/h1-4,9H,5-8H2,(H,22,25). The molecule has 3 rings (SSSR count). The summed E-state index contributed by atoms with van der Waals surface area (Å²) in [5.41, 5.74) is 3.43. The van der Waals surface area contributed by atoms with Gasteiger partial charge >= 0.3 is 12.1 Å². The van der Waals surface area contributed by atoms with E-state index in [9.17, 15) is 22.8 Å². The molecule has 1 amide bonds. The molecule has 27 heavy (non-hydrogen) atoms. The number of pyridine rings is 1. The number of halogens is 4. The first-order chi connectivity index (χ1) is 12.7. The molecule has 1 aliphatic heterocycles. The van der Waals surface area contributed by atoms with Crippen LogP contribution in [0.4, 0.5) is 13.2 Å². The van der Waals surface area contributed by atoms with Crippen LogP contribution in [0.25, 0.3) is 10.9 Å².